The van der Waals surface area contributed by atoms with Crippen LogP contribution in [0.15, 0.2) is 9.98 Å². The Kier molecular flexibility index (Phi) is 3.27. The Bertz CT molecular complexity index is 777. The average Bonchev–Trinajstić information content (AvgIpc) is 2.84. The Morgan fingerprint density at radius 1 is 0.714 bits per heavy atom. The molecule has 0 saturated carbocycles. The molecule has 0 aliphatic carbocycles. The maximum atomic E-state index is 4.85. The second kappa shape index (κ2) is 4.86. The van der Waals surface area contributed by atoms with Crippen LogP contribution in [0.5, 0.6) is 0 Å². The fraction of sp³-hybridized carbons (Fsp3) is 0.529. The van der Waals surface area contributed by atoms with Crippen molar-refractivity contribution in [3.8, 4) is 0 Å². The van der Waals surface area contributed by atoms with Crippen LogP contribution < -0.4 is 10.7 Å². The molecule has 0 amide bonds. The molecule has 3 rings (SSSR count). The van der Waals surface area contributed by atoms with E-state index in [-0.39, 0.29) is 0 Å². The molecule has 0 unspecified atom stereocenters. The van der Waals surface area contributed by atoms with Gasteiger partial charge in [0.25, 0.3) is 0 Å². The van der Waals surface area contributed by atoms with Gasteiger partial charge in [0, 0.05) is 11.1 Å². The van der Waals surface area contributed by atoms with Gasteiger partial charge in [-0.1, -0.05) is 27.7 Å². The second-order valence-electron chi connectivity index (χ2n) is 6.38. The van der Waals surface area contributed by atoms with Crippen LogP contribution in [0.4, 0.5) is 0 Å². The van der Waals surface area contributed by atoms with Crippen LogP contribution in [0, 0.1) is 13.8 Å². The monoisotopic (exact) mass is 282 g/mol. The number of fused-ring (bicyclic) bond motifs is 2. The van der Waals surface area contributed by atoms with E-state index < -0.39 is 0 Å². The van der Waals surface area contributed by atoms with E-state index in [9.17, 15) is 0 Å². The first kappa shape index (κ1) is 14.1. The molecule has 21 heavy (non-hydrogen) atoms. The standard InChI is InChI=1S/C17H22N4/c1-8(2)12-14-15(19-7-18-14)13(9(3)4)17-16(12)20-10(5)11(6)21-17/h8-9H,7H2,1-6H3. The van der Waals surface area contributed by atoms with E-state index in [2.05, 4.69) is 37.7 Å². The van der Waals surface area contributed by atoms with Gasteiger partial charge in [-0.05, 0) is 25.7 Å². The lowest BCUT2D eigenvalue weighted by Crippen LogP contribution is -2.32. The normalized spacial score (nSPS) is 13.7. The third-order valence-corrected chi connectivity index (χ3v) is 4.16. The zero-order valence-corrected chi connectivity index (χ0v) is 13.7. The molecule has 0 N–H and O–H groups in total. The van der Waals surface area contributed by atoms with E-state index in [4.69, 9.17) is 9.97 Å². The molecule has 0 spiro atoms. The first-order valence-electron chi connectivity index (χ1n) is 7.61. The summed E-state index contributed by atoms with van der Waals surface area (Å²) < 4.78 is 0. The highest BCUT2D eigenvalue weighted by Gasteiger charge is 2.21. The highest BCUT2D eigenvalue weighted by atomic mass is 15.0. The summed E-state index contributed by atoms with van der Waals surface area (Å²) in [6.45, 7) is 13.3. The highest BCUT2D eigenvalue weighted by molar-refractivity contribution is 5.82. The lowest BCUT2D eigenvalue weighted by atomic mass is 9.92. The van der Waals surface area contributed by atoms with E-state index in [0.29, 0.717) is 18.5 Å². The fourth-order valence-corrected chi connectivity index (χ4v) is 3.05. The van der Waals surface area contributed by atoms with Gasteiger partial charge in [-0.25, -0.2) is 9.97 Å². The number of nitrogens with zero attached hydrogens (tertiary/aromatic N) is 4. The van der Waals surface area contributed by atoms with Gasteiger partial charge in [-0.3, -0.25) is 9.98 Å². The van der Waals surface area contributed by atoms with Crippen molar-refractivity contribution in [3.05, 3.63) is 33.2 Å². The summed E-state index contributed by atoms with van der Waals surface area (Å²) >= 11 is 0. The molecule has 4 nitrogen and oxygen atoms in total. The van der Waals surface area contributed by atoms with Gasteiger partial charge in [0.2, 0.25) is 0 Å². The Hall–Kier alpha value is -1.84. The SMILES string of the molecule is Cc1nc2c(C(C)C)c3c(c(C(C)C)c2nc1C)=NCN=3. The number of hydrogen-bond donors (Lipinski definition) is 0. The van der Waals surface area contributed by atoms with Gasteiger partial charge in [-0.15, -0.1) is 0 Å². The Labute approximate surface area is 125 Å². The van der Waals surface area contributed by atoms with Gasteiger partial charge in [-0.2, -0.15) is 0 Å². The Morgan fingerprint density at radius 2 is 1.10 bits per heavy atom. The van der Waals surface area contributed by atoms with Crippen molar-refractivity contribution in [1.82, 2.24) is 9.97 Å². The zero-order chi connectivity index (χ0) is 15.3. The van der Waals surface area contributed by atoms with Gasteiger partial charge in [0.05, 0.1) is 33.1 Å². The smallest absolute Gasteiger partial charge is 0.130 e. The number of hydrogen-bond acceptors (Lipinski definition) is 4. The molecule has 1 aliphatic rings. The molecule has 0 fully saturated rings. The number of aromatic nitrogens is 2. The van der Waals surface area contributed by atoms with Gasteiger partial charge in [0.1, 0.15) is 6.67 Å². The molecule has 1 aliphatic heterocycles. The Morgan fingerprint density at radius 3 is 1.43 bits per heavy atom. The highest BCUT2D eigenvalue weighted by Crippen LogP contribution is 2.25. The van der Waals surface area contributed by atoms with Crippen molar-refractivity contribution in [2.24, 2.45) is 9.98 Å². The maximum Gasteiger partial charge on any atom is 0.130 e. The fourth-order valence-electron chi connectivity index (χ4n) is 3.05. The minimum atomic E-state index is 0.357. The largest absolute Gasteiger partial charge is 0.259 e. The van der Waals surface area contributed by atoms with E-state index in [1.165, 1.54) is 11.1 Å². The molecule has 0 radical (unpaired) electrons. The number of aryl methyl sites for hydroxylation is 2. The number of benzene rings is 1. The second-order valence-corrected chi connectivity index (χ2v) is 6.38. The Balaban J connectivity index is 2.63. The van der Waals surface area contributed by atoms with Crippen LogP contribution >= 0.6 is 0 Å². The van der Waals surface area contributed by atoms with Crippen molar-refractivity contribution in [3.63, 3.8) is 0 Å². The van der Waals surface area contributed by atoms with Crippen molar-refractivity contribution >= 4 is 11.0 Å². The van der Waals surface area contributed by atoms with Crippen LogP contribution in [0.3, 0.4) is 0 Å². The molecule has 2 heterocycles. The zero-order valence-electron chi connectivity index (χ0n) is 13.7. The molecule has 1 aromatic heterocycles. The lowest BCUT2D eigenvalue weighted by molar-refractivity contribution is 0.826. The first-order chi connectivity index (χ1) is 9.91. The van der Waals surface area contributed by atoms with E-state index in [0.717, 1.165) is 33.1 Å². The summed E-state index contributed by atoms with van der Waals surface area (Å²) in [6, 6.07) is 0. The minimum absolute atomic E-state index is 0.357. The lowest BCUT2D eigenvalue weighted by Gasteiger charge is -2.16. The van der Waals surface area contributed by atoms with Gasteiger partial charge < -0.3 is 0 Å². The molecular formula is C17H22N4. The summed E-state index contributed by atoms with van der Waals surface area (Å²) in [7, 11) is 0. The van der Waals surface area contributed by atoms with Gasteiger partial charge >= 0.3 is 0 Å². The molecule has 0 atom stereocenters. The average molecular weight is 282 g/mol. The topological polar surface area (TPSA) is 50.5 Å². The molecule has 0 saturated heterocycles. The van der Waals surface area contributed by atoms with E-state index >= 15 is 0 Å². The molecule has 1 aromatic carbocycles. The van der Waals surface area contributed by atoms with Crippen molar-refractivity contribution in [2.75, 3.05) is 6.67 Å². The third kappa shape index (κ3) is 2.04. The summed E-state index contributed by atoms with van der Waals surface area (Å²) in [6.07, 6.45) is 0. The van der Waals surface area contributed by atoms with Gasteiger partial charge in [0.15, 0.2) is 0 Å². The maximum absolute atomic E-state index is 4.85. The summed E-state index contributed by atoms with van der Waals surface area (Å²) in [4.78, 5) is 19.0. The predicted molar refractivity (Wildman–Crippen MR) is 84.4 cm³/mol. The predicted octanol–water partition coefficient (Wildman–Crippen LogP) is 2.70. The van der Waals surface area contributed by atoms with E-state index in [1.807, 2.05) is 13.8 Å². The molecule has 0 bridgehead atoms. The molecule has 2 aromatic rings. The van der Waals surface area contributed by atoms with Crippen LogP contribution in [-0.2, 0) is 0 Å². The quantitative estimate of drug-likeness (QED) is 0.850. The van der Waals surface area contributed by atoms with Crippen LogP contribution in [0.1, 0.15) is 62.0 Å². The van der Waals surface area contributed by atoms with E-state index in [1.54, 1.807) is 0 Å². The first-order valence-corrected chi connectivity index (χ1v) is 7.61. The summed E-state index contributed by atoms with van der Waals surface area (Å²) in [5.74, 6) is 0.715. The van der Waals surface area contributed by atoms with Crippen molar-refractivity contribution in [2.45, 2.75) is 53.4 Å². The van der Waals surface area contributed by atoms with Crippen molar-refractivity contribution < 1.29 is 0 Å². The minimum Gasteiger partial charge on any atom is -0.259 e. The molecule has 110 valence electrons. The third-order valence-electron chi connectivity index (χ3n) is 4.16. The molecular weight excluding hydrogens is 260 g/mol. The van der Waals surface area contributed by atoms with Crippen LogP contribution in [-0.4, -0.2) is 16.6 Å². The summed E-state index contributed by atoms with van der Waals surface area (Å²) in [5, 5.41) is 2.08. The van der Waals surface area contributed by atoms with Crippen molar-refractivity contribution in [1.29, 1.82) is 0 Å². The molecule has 4 heteroatoms. The van der Waals surface area contributed by atoms with Crippen LogP contribution in [0.25, 0.3) is 11.0 Å². The number of rotatable bonds is 2. The van der Waals surface area contributed by atoms with Crippen LogP contribution in [0.2, 0.25) is 0 Å². The summed E-state index contributed by atoms with van der Waals surface area (Å²) in [5.41, 5.74) is 6.40.